The van der Waals surface area contributed by atoms with Gasteiger partial charge in [-0.3, -0.25) is 0 Å². The summed E-state index contributed by atoms with van der Waals surface area (Å²) in [5.41, 5.74) is 1.19. The van der Waals surface area contributed by atoms with E-state index < -0.39 is 0 Å². The Morgan fingerprint density at radius 1 is 1.22 bits per heavy atom. The fraction of sp³-hybridized carbons (Fsp3) is 0.625. The van der Waals surface area contributed by atoms with Crippen LogP contribution in [0, 0.1) is 5.92 Å². The van der Waals surface area contributed by atoms with Gasteiger partial charge in [-0.25, -0.2) is 0 Å². The minimum absolute atomic E-state index is 0.0864. The summed E-state index contributed by atoms with van der Waals surface area (Å²) in [6.07, 6.45) is 6.51. The highest BCUT2D eigenvalue weighted by Crippen LogP contribution is 2.28. The number of hydrogen-bond donors (Lipinski definition) is 2. The van der Waals surface area contributed by atoms with Crippen molar-refractivity contribution in [2.75, 3.05) is 6.61 Å². The molecule has 3 atom stereocenters. The molecule has 0 radical (unpaired) electrons. The van der Waals surface area contributed by atoms with Crippen molar-refractivity contribution in [3.63, 3.8) is 0 Å². The molecule has 2 nitrogen and oxygen atoms in total. The lowest BCUT2D eigenvalue weighted by Gasteiger charge is -2.34. The van der Waals surface area contributed by atoms with Crippen molar-refractivity contribution in [1.29, 1.82) is 0 Å². The maximum atomic E-state index is 9.61. The summed E-state index contributed by atoms with van der Waals surface area (Å²) in [6.45, 7) is 2.46. The summed E-state index contributed by atoms with van der Waals surface area (Å²) in [4.78, 5) is 0. The minimum Gasteiger partial charge on any atom is -0.394 e. The second-order valence-electron chi connectivity index (χ2n) is 5.37. The molecule has 1 aliphatic carbocycles. The Bertz CT molecular complexity index is 338. The average Bonchev–Trinajstić information content (AvgIpc) is 2.46. The van der Waals surface area contributed by atoms with E-state index >= 15 is 0 Å². The first kappa shape index (κ1) is 13.6. The Kier molecular flexibility index (Phi) is 5.21. The molecule has 3 unspecified atom stereocenters. The zero-order chi connectivity index (χ0) is 12.8. The Labute approximate surface area is 110 Å². The molecule has 0 aromatic heterocycles. The van der Waals surface area contributed by atoms with Gasteiger partial charge in [0.05, 0.1) is 12.6 Å². The Morgan fingerprint density at radius 2 is 1.94 bits per heavy atom. The number of nitrogens with one attached hydrogen (secondary N) is 1. The summed E-state index contributed by atoms with van der Waals surface area (Å²) in [5.74, 6) is 0.775. The van der Waals surface area contributed by atoms with Gasteiger partial charge in [-0.05, 0) is 24.3 Å². The molecule has 1 saturated carbocycles. The van der Waals surface area contributed by atoms with E-state index in [4.69, 9.17) is 0 Å². The molecular weight excluding hydrogens is 222 g/mol. The lowest BCUT2D eigenvalue weighted by molar-refractivity contribution is 0.187. The van der Waals surface area contributed by atoms with Gasteiger partial charge in [0.2, 0.25) is 0 Å². The number of aliphatic hydroxyl groups excluding tert-OH is 1. The predicted octanol–water partition coefficient (Wildman–Crippen LogP) is 3.28. The van der Waals surface area contributed by atoms with Crippen LogP contribution in [0.1, 0.15) is 50.6 Å². The lowest BCUT2D eigenvalue weighted by Crippen LogP contribution is -2.41. The quantitative estimate of drug-likeness (QED) is 0.837. The highest BCUT2D eigenvalue weighted by molar-refractivity contribution is 5.19. The third kappa shape index (κ3) is 3.33. The van der Waals surface area contributed by atoms with Gasteiger partial charge in [-0.1, -0.05) is 56.5 Å². The molecule has 0 spiro atoms. The smallest absolute Gasteiger partial charge is 0.0626 e. The summed E-state index contributed by atoms with van der Waals surface area (Å²) < 4.78 is 0. The van der Waals surface area contributed by atoms with Crippen molar-refractivity contribution in [3.8, 4) is 0 Å². The molecule has 1 aromatic rings. The first-order chi connectivity index (χ1) is 8.85. The molecule has 0 aliphatic heterocycles. The highest BCUT2D eigenvalue weighted by Gasteiger charge is 2.25. The maximum Gasteiger partial charge on any atom is 0.0626 e. The van der Waals surface area contributed by atoms with Gasteiger partial charge in [-0.15, -0.1) is 0 Å². The number of benzene rings is 1. The van der Waals surface area contributed by atoms with Crippen molar-refractivity contribution < 1.29 is 5.11 Å². The zero-order valence-electron chi connectivity index (χ0n) is 11.3. The fourth-order valence-corrected chi connectivity index (χ4v) is 3.11. The van der Waals surface area contributed by atoms with Gasteiger partial charge >= 0.3 is 0 Å². The molecule has 1 fully saturated rings. The Morgan fingerprint density at radius 3 is 2.61 bits per heavy atom. The van der Waals surface area contributed by atoms with E-state index in [1.165, 1.54) is 37.7 Å². The monoisotopic (exact) mass is 247 g/mol. The first-order valence-electron chi connectivity index (χ1n) is 7.27. The second-order valence-corrected chi connectivity index (χ2v) is 5.37. The van der Waals surface area contributed by atoms with Crippen LogP contribution in [0.2, 0.25) is 0 Å². The molecular formula is C16H25NO. The second kappa shape index (κ2) is 6.91. The van der Waals surface area contributed by atoms with E-state index in [-0.39, 0.29) is 12.6 Å². The number of hydrogen-bond acceptors (Lipinski definition) is 2. The van der Waals surface area contributed by atoms with Crippen LogP contribution in [0.3, 0.4) is 0 Å². The van der Waals surface area contributed by atoms with Gasteiger partial charge < -0.3 is 10.4 Å². The molecule has 0 bridgehead atoms. The van der Waals surface area contributed by atoms with E-state index in [1.54, 1.807) is 0 Å². The molecule has 18 heavy (non-hydrogen) atoms. The van der Waals surface area contributed by atoms with Gasteiger partial charge in [0, 0.05) is 6.04 Å². The normalized spacial score (nSPS) is 25.9. The van der Waals surface area contributed by atoms with E-state index in [2.05, 4.69) is 24.4 Å². The molecule has 100 valence electrons. The molecule has 0 saturated heterocycles. The topological polar surface area (TPSA) is 32.3 Å². The molecule has 1 aliphatic rings. The van der Waals surface area contributed by atoms with Gasteiger partial charge in [0.1, 0.15) is 0 Å². The van der Waals surface area contributed by atoms with Crippen LogP contribution in [0.15, 0.2) is 30.3 Å². The highest BCUT2D eigenvalue weighted by atomic mass is 16.3. The standard InChI is InChI=1S/C16H25NO/c1-2-13-8-6-7-11-15(13)17-16(12-18)14-9-4-3-5-10-14/h3-5,9-10,13,15-18H,2,6-8,11-12H2,1H3. The van der Waals surface area contributed by atoms with E-state index in [1.807, 2.05) is 18.2 Å². The minimum atomic E-state index is 0.0864. The van der Waals surface area contributed by atoms with Gasteiger partial charge in [0.25, 0.3) is 0 Å². The fourth-order valence-electron chi connectivity index (χ4n) is 3.11. The summed E-state index contributed by atoms with van der Waals surface area (Å²) in [5, 5.41) is 13.3. The van der Waals surface area contributed by atoms with Crippen LogP contribution < -0.4 is 5.32 Å². The summed E-state index contributed by atoms with van der Waals surface area (Å²) >= 11 is 0. The Hall–Kier alpha value is -0.860. The summed E-state index contributed by atoms with van der Waals surface area (Å²) in [7, 11) is 0. The van der Waals surface area contributed by atoms with Crippen molar-refractivity contribution in [2.24, 2.45) is 5.92 Å². The van der Waals surface area contributed by atoms with E-state index in [0.717, 1.165) is 5.92 Å². The van der Waals surface area contributed by atoms with Crippen molar-refractivity contribution in [3.05, 3.63) is 35.9 Å². The average molecular weight is 247 g/mol. The van der Waals surface area contributed by atoms with Crippen molar-refractivity contribution in [1.82, 2.24) is 5.32 Å². The van der Waals surface area contributed by atoms with Crippen LogP contribution in [0.4, 0.5) is 0 Å². The first-order valence-corrected chi connectivity index (χ1v) is 7.27. The SMILES string of the molecule is CCC1CCCCC1NC(CO)c1ccccc1. The maximum absolute atomic E-state index is 9.61. The number of aliphatic hydroxyl groups is 1. The molecule has 2 rings (SSSR count). The molecule has 0 heterocycles. The van der Waals surface area contributed by atoms with Crippen LogP contribution in [-0.4, -0.2) is 17.8 Å². The largest absolute Gasteiger partial charge is 0.394 e. The third-order valence-corrected chi connectivity index (χ3v) is 4.23. The van der Waals surface area contributed by atoms with E-state index in [0.29, 0.717) is 6.04 Å². The molecule has 2 heteroatoms. The van der Waals surface area contributed by atoms with Gasteiger partial charge in [0.15, 0.2) is 0 Å². The third-order valence-electron chi connectivity index (χ3n) is 4.23. The summed E-state index contributed by atoms with van der Waals surface area (Å²) in [6, 6.07) is 10.9. The molecule has 1 aromatic carbocycles. The van der Waals surface area contributed by atoms with Gasteiger partial charge in [-0.2, -0.15) is 0 Å². The van der Waals surface area contributed by atoms with Crippen LogP contribution >= 0.6 is 0 Å². The molecule has 0 amide bonds. The Balaban J connectivity index is 2.01. The van der Waals surface area contributed by atoms with Crippen LogP contribution in [0.25, 0.3) is 0 Å². The van der Waals surface area contributed by atoms with Crippen molar-refractivity contribution >= 4 is 0 Å². The van der Waals surface area contributed by atoms with Crippen LogP contribution in [-0.2, 0) is 0 Å². The lowest BCUT2D eigenvalue weighted by atomic mass is 9.82. The van der Waals surface area contributed by atoms with E-state index in [9.17, 15) is 5.11 Å². The molecule has 2 N–H and O–H groups in total. The number of rotatable bonds is 5. The zero-order valence-corrected chi connectivity index (χ0v) is 11.3. The van der Waals surface area contributed by atoms with Crippen LogP contribution in [0.5, 0.6) is 0 Å². The predicted molar refractivity (Wildman–Crippen MR) is 75.4 cm³/mol. The van der Waals surface area contributed by atoms with Crippen molar-refractivity contribution in [2.45, 2.75) is 51.1 Å².